The molecule has 18 nitrogen and oxygen atoms in total. The molecule has 13 N–H and O–H groups in total. The molecule has 0 radical (unpaired) electrons. The second-order valence-corrected chi connectivity index (χ2v) is 19.4. The SMILES string of the molecule is N[C@H]1CC[C@@H]2C=Cc3ccccc3[C@]12[C@@H]1C=C[C@]2(C(=O)O)[C@H]1c1cc(O)c(O[C@]3(O)O[C@H](CO)[C@@H](O)[C@H](O)[C@H]3O)cc1N2C(=O)/C=C/c1ccc(O)c([C@H]2CC[C@H](CNc3ccc[nH]3)c3nc[nH]c32)c1. The largest absolute Gasteiger partial charge is 0.508 e. The highest BCUT2D eigenvalue weighted by Crippen LogP contribution is 2.66. The van der Waals surface area contributed by atoms with E-state index in [1.807, 2.05) is 48.7 Å². The first-order chi connectivity index (χ1) is 33.7. The number of carbonyl (C=O) groups is 2. The molecule has 2 aliphatic heterocycles. The Hall–Kier alpha value is -6.77. The Labute approximate surface area is 401 Å². The number of nitrogens with one attached hydrogen (secondary N) is 3. The number of aromatic amines is 2. The van der Waals surface area contributed by atoms with Crippen LogP contribution in [0, 0.1) is 11.8 Å². The fourth-order valence-electron chi connectivity index (χ4n) is 12.7. The Morgan fingerprint density at radius 1 is 0.957 bits per heavy atom. The minimum absolute atomic E-state index is 0.0165. The lowest BCUT2D eigenvalue weighted by Gasteiger charge is -2.49. The first-order valence-electron chi connectivity index (χ1n) is 23.5. The predicted molar refractivity (Wildman–Crippen MR) is 254 cm³/mol. The van der Waals surface area contributed by atoms with Gasteiger partial charge in [-0.3, -0.25) is 9.69 Å². The van der Waals surface area contributed by atoms with E-state index in [4.69, 9.17) is 15.2 Å². The lowest BCUT2D eigenvalue weighted by Crippen LogP contribution is -2.67. The van der Waals surface area contributed by atoms with E-state index in [0.717, 1.165) is 52.1 Å². The van der Waals surface area contributed by atoms with E-state index in [9.17, 15) is 45.6 Å². The number of H-pyrrole nitrogens is 2. The Morgan fingerprint density at radius 3 is 2.57 bits per heavy atom. The normalized spacial score (nSPS) is 33.7. The Morgan fingerprint density at radius 2 is 1.79 bits per heavy atom. The third-order valence-electron chi connectivity index (χ3n) is 15.9. The molecular formula is C52H54N6O12. The predicted octanol–water partition coefficient (Wildman–Crippen LogP) is 3.62. The summed E-state index contributed by atoms with van der Waals surface area (Å²) >= 11 is 0. The number of nitrogens with two attached hydrogens (primary N) is 1. The number of phenolic OH excluding ortho intramolecular Hbond substituents is 2. The molecule has 11 rings (SSSR count). The van der Waals surface area contributed by atoms with E-state index < -0.39 is 89.2 Å². The number of fused-ring (bicyclic) bond motifs is 7. The number of carboxylic acid groups (broad SMARTS) is 1. The summed E-state index contributed by atoms with van der Waals surface area (Å²) in [6, 6.07) is 18.7. The Bertz CT molecular complexity index is 2950. The number of aliphatic hydroxyl groups excluding tert-OH is 4. The number of hydrogen-bond acceptors (Lipinski definition) is 14. The third kappa shape index (κ3) is 6.76. The van der Waals surface area contributed by atoms with Crippen molar-refractivity contribution in [2.75, 3.05) is 23.4 Å². The van der Waals surface area contributed by atoms with E-state index in [0.29, 0.717) is 30.5 Å². The molecule has 4 aliphatic carbocycles. The number of aromatic nitrogens is 3. The lowest BCUT2D eigenvalue weighted by molar-refractivity contribution is -0.422. The van der Waals surface area contributed by atoms with Gasteiger partial charge in [-0.1, -0.05) is 54.6 Å². The Kier molecular flexibility index (Phi) is 11.1. The molecule has 1 amide bonds. The molecule has 0 spiro atoms. The molecule has 18 heteroatoms. The highest BCUT2D eigenvalue weighted by molar-refractivity contribution is 6.13. The summed E-state index contributed by atoms with van der Waals surface area (Å²) in [5, 5.41) is 91.3. The topological polar surface area (TPSA) is 300 Å². The van der Waals surface area contributed by atoms with E-state index in [1.165, 1.54) is 24.3 Å². The summed E-state index contributed by atoms with van der Waals surface area (Å²) < 4.78 is 11.1. The van der Waals surface area contributed by atoms with Gasteiger partial charge < -0.3 is 71.3 Å². The van der Waals surface area contributed by atoms with Crippen molar-refractivity contribution in [1.82, 2.24) is 15.0 Å². The van der Waals surface area contributed by atoms with Crippen molar-refractivity contribution in [3.8, 4) is 17.2 Å². The summed E-state index contributed by atoms with van der Waals surface area (Å²) in [6.45, 7) is -0.252. The van der Waals surface area contributed by atoms with Crippen molar-refractivity contribution in [1.29, 1.82) is 0 Å². The van der Waals surface area contributed by atoms with Crippen LogP contribution in [0.3, 0.4) is 0 Å². The highest BCUT2D eigenvalue weighted by atomic mass is 16.8. The lowest BCUT2D eigenvalue weighted by atomic mass is 9.55. The zero-order valence-corrected chi connectivity index (χ0v) is 37.7. The maximum absolute atomic E-state index is 15.2. The molecule has 2 fully saturated rings. The number of aliphatic hydroxyl groups is 5. The second kappa shape index (κ2) is 17.0. The molecule has 2 aromatic heterocycles. The number of amides is 1. The second-order valence-electron chi connectivity index (χ2n) is 19.4. The summed E-state index contributed by atoms with van der Waals surface area (Å²) in [4.78, 5) is 41.7. The molecule has 5 aromatic rings. The van der Waals surface area contributed by atoms with Crippen LogP contribution < -0.4 is 20.7 Å². The summed E-state index contributed by atoms with van der Waals surface area (Å²) in [6.07, 6.45) is 8.75. The smallest absolute Gasteiger partial charge is 0.355 e. The van der Waals surface area contributed by atoms with Crippen molar-refractivity contribution >= 4 is 35.5 Å². The van der Waals surface area contributed by atoms with E-state index in [-0.39, 0.29) is 34.8 Å². The fourth-order valence-corrected chi connectivity index (χ4v) is 12.7. The third-order valence-corrected chi connectivity index (χ3v) is 15.9. The highest BCUT2D eigenvalue weighted by Gasteiger charge is 2.69. The van der Waals surface area contributed by atoms with Crippen LogP contribution in [0.2, 0.25) is 0 Å². The number of carboxylic acids is 1. The van der Waals surface area contributed by atoms with Gasteiger partial charge in [0.05, 0.1) is 24.3 Å². The van der Waals surface area contributed by atoms with Crippen molar-refractivity contribution in [3.05, 3.63) is 143 Å². The number of rotatable bonds is 11. The number of allylic oxidation sites excluding steroid dienone is 2. The van der Waals surface area contributed by atoms with Gasteiger partial charge in [0.25, 0.3) is 5.91 Å². The number of hydrogen-bond donors (Lipinski definition) is 12. The van der Waals surface area contributed by atoms with Gasteiger partial charge in [-0.15, -0.1) is 0 Å². The standard InChI is InChI=1S/C52H54N6O12/c53-40-15-12-29-11-9-27-4-1-2-5-33(27)51(29,40)34-17-18-50(49(66)67)43(34)32-21-37(61)38(69-52(68)48(65)47(64)46(63)39(24-59)70-52)22-35(32)58(50)42(62)16-8-26-7-14-36(60)31(20-26)30-13-10-28(44-45(30)57-25-56-44)23-55-41-6-3-19-54-41/h1-9,11,14,16-22,25,28-30,34,39-40,43,46-48,54-55,59-61,63-65,68H,10,12-13,15,23-24,53H2,(H,56,57)(H,66,67)/b16-8+/t28-,29+,30-,34-,39-,40+,43+,46-,47+,48-,50-,51-,52+/m1/s1. The monoisotopic (exact) mass is 954 g/mol. The molecule has 0 unspecified atom stereocenters. The number of aliphatic carboxylic acids is 1. The number of aromatic hydroxyl groups is 2. The fraction of sp³-hybridized carbons (Fsp3) is 0.365. The molecule has 1 saturated carbocycles. The molecule has 3 aromatic carbocycles. The number of phenols is 2. The summed E-state index contributed by atoms with van der Waals surface area (Å²) in [7, 11) is 0. The number of imidazole rings is 1. The van der Waals surface area contributed by atoms with Gasteiger partial charge in [-0.25, -0.2) is 9.78 Å². The number of benzene rings is 3. The van der Waals surface area contributed by atoms with Gasteiger partial charge in [-0.2, -0.15) is 0 Å². The van der Waals surface area contributed by atoms with Crippen molar-refractivity contribution in [3.63, 3.8) is 0 Å². The van der Waals surface area contributed by atoms with Gasteiger partial charge in [-0.05, 0) is 96.2 Å². The zero-order valence-electron chi connectivity index (χ0n) is 37.7. The zero-order chi connectivity index (χ0) is 48.9. The van der Waals surface area contributed by atoms with Crippen molar-refractivity contribution < 1.29 is 59.9 Å². The van der Waals surface area contributed by atoms with Gasteiger partial charge >= 0.3 is 11.9 Å². The van der Waals surface area contributed by atoms with E-state index in [1.54, 1.807) is 24.5 Å². The molecule has 70 heavy (non-hydrogen) atoms. The van der Waals surface area contributed by atoms with Crippen LogP contribution in [0.1, 0.15) is 82.6 Å². The Balaban J connectivity index is 0.983. The van der Waals surface area contributed by atoms with E-state index >= 15 is 4.79 Å². The molecule has 364 valence electrons. The quantitative estimate of drug-likeness (QED) is 0.0511. The number of ether oxygens (including phenoxy) is 2. The van der Waals surface area contributed by atoms with Crippen LogP contribution in [0.4, 0.5) is 11.5 Å². The van der Waals surface area contributed by atoms with Crippen molar-refractivity contribution in [2.45, 2.75) is 90.8 Å². The number of nitrogens with zero attached hydrogens (tertiary/aromatic N) is 2. The van der Waals surface area contributed by atoms with Gasteiger partial charge in [0.15, 0.2) is 23.1 Å². The molecule has 4 heterocycles. The average molecular weight is 955 g/mol. The number of anilines is 2. The minimum Gasteiger partial charge on any atom is -0.508 e. The molecule has 13 atom stereocenters. The van der Waals surface area contributed by atoms with Gasteiger partial charge in [0.2, 0.25) is 0 Å². The van der Waals surface area contributed by atoms with Crippen LogP contribution in [-0.2, 0) is 19.7 Å². The first kappa shape index (κ1) is 45.7. The molecule has 0 bridgehead atoms. The molecule has 1 saturated heterocycles. The van der Waals surface area contributed by atoms with Crippen LogP contribution >= 0.6 is 0 Å². The average Bonchev–Trinajstić information content (AvgIpc) is 4.22. The maximum Gasteiger partial charge on any atom is 0.355 e. The van der Waals surface area contributed by atoms with Gasteiger partial charge in [0.1, 0.15) is 29.9 Å². The minimum atomic E-state index is -3.15. The molecule has 6 aliphatic rings. The summed E-state index contributed by atoms with van der Waals surface area (Å²) in [5.41, 5.74) is 9.24. The van der Waals surface area contributed by atoms with Crippen LogP contribution in [0.15, 0.2) is 104 Å². The van der Waals surface area contributed by atoms with Crippen LogP contribution in [-0.4, -0.2) is 123 Å². The first-order valence-corrected chi connectivity index (χ1v) is 23.5. The maximum atomic E-state index is 15.2. The summed E-state index contributed by atoms with van der Waals surface area (Å²) in [5.74, 6) is -7.54. The van der Waals surface area contributed by atoms with E-state index in [2.05, 4.69) is 32.4 Å². The van der Waals surface area contributed by atoms with Gasteiger partial charge in [0, 0.05) is 65.4 Å². The van der Waals surface area contributed by atoms with Crippen molar-refractivity contribution in [2.24, 2.45) is 17.6 Å². The van der Waals surface area contributed by atoms with Crippen LogP contribution in [0.25, 0.3) is 12.2 Å². The van der Waals surface area contributed by atoms with Crippen LogP contribution in [0.5, 0.6) is 17.2 Å². The molecular weight excluding hydrogens is 901 g/mol. The number of carbonyl (C=O) groups excluding carboxylic acids is 1.